The summed E-state index contributed by atoms with van der Waals surface area (Å²) in [7, 11) is 0. The SMILES string of the molecule is CCC(=O)Nc1ccn(Cc2ccccc2O[C@@H]2O[C@H](CO)[C@@H](O)[C@H](O)[C@H]2O)c(=O)n1. The van der Waals surface area contributed by atoms with Crippen molar-refractivity contribution in [2.45, 2.75) is 50.6 Å². The Morgan fingerprint density at radius 3 is 2.61 bits per heavy atom. The molecule has 1 fully saturated rings. The molecule has 11 heteroatoms. The first-order chi connectivity index (χ1) is 14.8. The molecule has 3 rings (SSSR count). The van der Waals surface area contributed by atoms with Crippen molar-refractivity contribution >= 4 is 11.7 Å². The van der Waals surface area contributed by atoms with Crippen LogP contribution in [-0.4, -0.2) is 73.2 Å². The number of amides is 1. The zero-order valence-electron chi connectivity index (χ0n) is 16.8. The molecule has 0 aliphatic carbocycles. The number of anilines is 1. The zero-order chi connectivity index (χ0) is 22.5. The molecule has 1 aromatic carbocycles. The molecule has 2 aromatic rings. The summed E-state index contributed by atoms with van der Waals surface area (Å²) in [5.41, 5.74) is -0.0368. The number of rotatable bonds is 7. The van der Waals surface area contributed by atoms with E-state index < -0.39 is 43.0 Å². The Kier molecular flexibility index (Phi) is 7.36. The topological polar surface area (TPSA) is 163 Å². The Balaban J connectivity index is 1.78. The lowest BCUT2D eigenvalue weighted by atomic mass is 9.99. The van der Waals surface area contributed by atoms with E-state index in [1.165, 1.54) is 16.8 Å². The number of aliphatic hydroxyl groups excluding tert-OH is 4. The Hall–Kier alpha value is -2.83. The Morgan fingerprint density at radius 1 is 1.19 bits per heavy atom. The second kappa shape index (κ2) is 9.98. The molecule has 1 amide bonds. The predicted octanol–water partition coefficient (Wildman–Crippen LogP) is -1.18. The van der Waals surface area contributed by atoms with Gasteiger partial charge in [-0.05, 0) is 12.1 Å². The van der Waals surface area contributed by atoms with Gasteiger partial charge >= 0.3 is 5.69 Å². The summed E-state index contributed by atoms with van der Waals surface area (Å²) >= 11 is 0. The van der Waals surface area contributed by atoms with Crippen LogP contribution in [0.25, 0.3) is 0 Å². The molecule has 31 heavy (non-hydrogen) atoms. The van der Waals surface area contributed by atoms with Crippen LogP contribution in [0.4, 0.5) is 5.82 Å². The first kappa shape index (κ1) is 22.8. The molecule has 1 aliphatic rings. The third kappa shape index (κ3) is 5.27. The van der Waals surface area contributed by atoms with Gasteiger partial charge in [0.2, 0.25) is 12.2 Å². The Bertz CT molecular complexity index is 963. The monoisotopic (exact) mass is 435 g/mol. The smallest absolute Gasteiger partial charge is 0.349 e. The van der Waals surface area contributed by atoms with E-state index in [0.29, 0.717) is 5.56 Å². The van der Waals surface area contributed by atoms with Crippen LogP contribution in [0.3, 0.4) is 0 Å². The second-order valence-electron chi connectivity index (χ2n) is 7.05. The van der Waals surface area contributed by atoms with Gasteiger partial charge in [-0.3, -0.25) is 9.36 Å². The number of ether oxygens (including phenoxy) is 2. The minimum atomic E-state index is -1.57. The summed E-state index contributed by atoms with van der Waals surface area (Å²) in [6, 6.07) is 8.18. The van der Waals surface area contributed by atoms with Crippen molar-refractivity contribution in [3.05, 3.63) is 52.6 Å². The summed E-state index contributed by atoms with van der Waals surface area (Å²) in [6.07, 6.45) is -5.34. The number of nitrogens with zero attached hydrogens (tertiary/aromatic N) is 2. The molecule has 1 aromatic heterocycles. The molecule has 1 saturated heterocycles. The number of aliphatic hydroxyl groups is 4. The number of carbonyl (C=O) groups is 1. The first-order valence-electron chi connectivity index (χ1n) is 9.76. The fourth-order valence-corrected chi connectivity index (χ4v) is 3.07. The van der Waals surface area contributed by atoms with Gasteiger partial charge in [-0.2, -0.15) is 4.98 Å². The number of para-hydroxylation sites is 1. The molecule has 5 N–H and O–H groups in total. The largest absolute Gasteiger partial charge is 0.462 e. The van der Waals surface area contributed by atoms with E-state index in [4.69, 9.17) is 9.47 Å². The van der Waals surface area contributed by atoms with E-state index in [-0.39, 0.29) is 30.4 Å². The van der Waals surface area contributed by atoms with Crippen LogP contribution < -0.4 is 15.7 Å². The van der Waals surface area contributed by atoms with E-state index in [0.717, 1.165) is 0 Å². The fourth-order valence-electron chi connectivity index (χ4n) is 3.07. The normalized spacial score (nSPS) is 25.8. The van der Waals surface area contributed by atoms with Crippen LogP contribution in [0, 0.1) is 0 Å². The van der Waals surface area contributed by atoms with Crippen molar-refractivity contribution in [3.8, 4) is 5.75 Å². The fraction of sp³-hybridized carbons (Fsp3) is 0.450. The third-order valence-electron chi connectivity index (χ3n) is 4.87. The number of hydrogen-bond acceptors (Lipinski definition) is 9. The molecule has 11 nitrogen and oxygen atoms in total. The minimum absolute atomic E-state index is 0.0709. The maximum Gasteiger partial charge on any atom is 0.349 e. The molecule has 0 saturated carbocycles. The summed E-state index contributed by atoms with van der Waals surface area (Å²) in [5, 5.41) is 41.9. The highest BCUT2D eigenvalue weighted by Crippen LogP contribution is 2.26. The van der Waals surface area contributed by atoms with Gasteiger partial charge in [-0.25, -0.2) is 4.79 Å². The molecule has 0 spiro atoms. The quantitative estimate of drug-likeness (QED) is 0.360. The van der Waals surface area contributed by atoms with Crippen molar-refractivity contribution in [1.82, 2.24) is 9.55 Å². The van der Waals surface area contributed by atoms with Crippen LogP contribution in [0.1, 0.15) is 18.9 Å². The van der Waals surface area contributed by atoms with Crippen molar-refractivity contribution in [3.63, 3.8) is 0 Å². The molecule has 1 aliphatic heterocycles. The van der Waals surface area contributed by atoms with Crippen LogP contribution in [0.5, 0.6) is 5.75 Å². The summed E-state index contributed by atoms with van der Waals surface area (Å²) in [4.78, 5) is 27.6. The van der Waals surface area contributed by atoms with E-state index in [2.05, 4.69) is 10.3 Å². The van der Waals surface area contributed by atoms with Gasteiger partial charge in [0.1, 0.15) is 36.0 Å². The number of nitrogens with one attached hydrogen (secondary N) is 1. The number of benzene rings is 1. The lowest BCUT2D eigenvalue weighted by Gasteiger charge is -2.39. The molecule has 0 bridgehead atoms. The predicted molar refractivity (Wildman–Crippen MR) is 107 cm³/mol. The summed E-state index contributed by atoms with van der Waals surface area (Å²) in [6.45, 7) is 1.18. The summed E-state index contributed by atoms with van der Waals surface area (Å²) in [5.74, 6) is 0.156. The van der Waals surface area contributed by atoms with Crippen molar-refractivity contribution in [2.75, 3.05) is 11.9 Å². The number of hydrogen-bond donors (Lipinski definition) is 5. The average molecular weight is 435 g/mol. The molecular weight excluding hydrogens is 410 g/mol. The Labute approximate surface area is 177 Å². The number of aromatic nitrogens is 2. The van der Waals surface area contributed by atoms with E-state index in [9.17, 15) is 30.0 Å². The first-order valence-corrected chi connectivity index (χ1v) is 9.76. The lowest BCUT2D eigenvalue weighted by molar-refractivity contribution is -0.277. The maximum absolute atomic E-state index is 12.3. The standard InChI is InChI=1S/C20H25N3O8/c1-2-15(25)21-14-7-8-23(20(29)22-14)9-11-5-3-4-6-12(11)30-19-18(28)17(27)16(26)13(10-24)31-19/h3-8,13,16-19,24,26-28H,2,9-10H2,1H3,(H,21,22,25,29)/t13-,16-,17+,18-,19-/m1/s1. The number of carbonyl (C=O) groups excluding carboxylic acids is 1. The second-order valence-corrected chi connectivity index (χ2v) is 7.05. The van der Waals surface area contributed by atoms with Crippen LogP contribution in [-0.2, 0) is 16.1 Å². The van der Waals surface area contributed by atoms with Crippen molar-refractivity contribution in [2.24, 2.45) is 0 Å². The van der Waals surface area contributed by atoms with Gasteiger partial charge in [0.05, 0.1) is 13.2 Å². The average Bonchev–Trinajstić information content (AvgIpc) is 2.77. The van der Waals surface area contributed by atoms with Gasteiger partial charge in [0, 0.05) is 18.2 Å². The highest BCUT2D eigenvalue weighted by atomic mass is 16.7. The van der Waals surface area contributed by atoms with Gasteiger partial charge < -0.3 is 35.2 Å². The van der Waals surface area contributed by atoms with Crippen LogP contribution in [0.2, 0.25) is 0 Å². The van der Waals surface area contributed by atoms with E-state index in [1.807, 2.05) is 0 Å². The van der Waals surface area contributed by atoms with Gasteiger partial charge in [0.15, 0.2) is 0 Å². The molecule has 0 unspecified atom stereocenters. The molecule has 2 heterocycles. The lowest BCUT2D eigenvalue weighted by Crippen LogP contribution is -2.60. The minimum Gasteiger partial charge on any atom is -0.462 e. The van der Waals surface area contributed by atoms with Crippen LogP contribution in [0.15, 0.2) is 41.3 Å². The summed E-state index contributed by atoms with van der Waals surface area (Å²) < 4.78 is 12.4. The molecule has 168 valence electrons. The zero-order valence-corrected chi connectivity index (χ0v) is 16.8. The highest BCUT2D eigenvalue weighted by Gasteiger charge is 2.44. The molecule has 5 atom stereocenters. The van der Waals surface area contributed by atoms with Gasteiger partial charge in [-0.15, -0.1) is 0 Å². The third-order valence-corrected chi connectivity index (χ3v) is 4.87. The van der Waals surface area contributed by atoms with Gasteiger partial charge in [-0.1, -0.05) is 25.1 Å². The Morgan fingerprint density at radius 2 is 1.94 bits per heavy atom. The van der Waals surface area contributed by atoms with Crippen LogP contribution >= 0.6 is 0 Å². The van der Waals surface area contributed by atoms with E-state index in [1.54, 1.807) is 31.2 Å². The van der Waals surface area contributed by atoms with Crippen molar-refractivity contribution < 1.29 is 34.7 Å². The van der Waals surface area contributed by atoms with E-state index >= 15 is 0 Å². The molecule has 0 radical (unpaired) electrons. The van der Waals surface area contributed by atoms with Crippen molar-refractivity contribution in [1.29, 1.82) is 0 Å². The molecular formula is C20H25N3O8. The highest BCUT2D eigenvalue weighted by molar-refractivity contribution is 5.89. The van der Waals surface area contributed by atoms with Gasteiger partial charge in [0.25, 0.3) is 0 Å². The maximum atomic E-state index is 12.3.